The van der Waals surface area contributed by atoms with E-state index < -0.39 is 4.92 Å². The van der Waals surface area contributed by atoms with Gasteiger partial charge in [0.1, 0.15) is 11.5 Å². The number of pyridine rings is 1. The molecule has 16 heavy (non-hydrogen) atoms. The molecule has 0 aliphatic heterocycles. The van der Waals surface area contributed by atoms with Crippen molar-refractivity contribution >= 4 is 11.5 Å². The first-order valence-corrected chi connectivity index (χ1v) is 5.01. The highest BCUT2D eigenvalue weighted by atomic mass is 16.6. The minimum atomic E-state index is -0.456. The molecule has 0 amide bonds. The summed E-state index contributed by atoms with van der Waals surface area (Å²) < 4.78 is 0. The van der Waals surface area contributed by atoms with Crippen LogP contribution in [0.5, 0.6) is 0 Å². The summed E-state index contributed by atoms with van der Waals surface area (Å²) in [5.41, 5.74) is 0.396. The van der Waals surface area contributed by atoms with E-state index in [0.29, 0.717) is 18.1 Å². The highest BCUT2D eigenvalue weighted by molar-refractivity contribution is 5.44. The van der Waals surface area contributed by atoms with Crippen molar-refractivity contribution in [2.24, 2.45) is 5.92 Å². The topological polar surface area (TPSA) is 88.3 Å². The fourth-order valence-electron chi connectivity index (χ4n) is 1.19. The minimum Gasteiger partial charge on any atom is -0.396 e. The van der Waals surface area contributed by atoms with Gasteiger partial charge < -0.3 is 10.4 Å². The van der Waals surface area contributed by atoms with E-state index in [1.165, 1.54) is 6.07 Å². The minimum absolute atomic E-state index is 0.0146. The number of aromatic nitrogens is 1. The average molecular weight is 225 g/mol. The number of nitro groups is 1. The van der Waals surface area contributed by atoms with Crippen molar-refractivity contribution in [2.45, 2.75) is 13.8 Å². The number of hydrogen-bond donors (Lipinski definition) is 2. The Balaban J connectivity index is 2.70. The zero-order valence-corrected chi connectivity index (χ0v) is 9.30. The third kappa shape index (κ3) is 3.16. The van der Waals surface area contributed by atoms with E-state index in [1.54, 1.807) is 13.0 Å². The summed E-state index contributed by atoms with van der Waals surface area (Å²) in [5, 5.41) is 22.4. The Hall–Kier alpha value is -1.69. The van der Waals surface area contributed by atoms with Crippen molar-refractivity contribution in [1.29, 1.82) is 0 Å². The molecule has 1 unspecified atom stereocenters. The molecule has 0 aliphatic rings. The summed E-state index contributed by atoms with van der Waals surface area (Å²) in [5.74, 6) is 0.709. The van der Waals surface area contributed by atoms with Crippen molar-refractivity contribution < 1.29 is 10.0 Å². The van der Waals surface area contributed by atoms with Crippen LogP contribution < -0.4 is 5.32 Å². The first kappa shape index (κ1) is 12.4. The van der Waals surface area contributed by atoms with Gasteiger partial charge in [0.05, 0.1) is 4.92 Å². The lowest BCUT2D eigenvalue weighted by Crippen LogP contribution is -2.15. The lowest BCUT2D eigenvalue weighted by atomic mass is 10.2. The predicted molar refractivity (Wildman–Crippen MR) is 60.4 cm³/mol. The zero-order chi connectivity index (χ0) is 12.1. The molecule has 1 atom stereocenters. The molecule has 1 aromatic heterocycles. The molecule has 0 aromatic carbocycles. The number of nitrogens with zero attached hydrogens (tertiary/aromatic N) is 2. The van der Waals surface area contributed by atoms with Crippen LogP contribution in [-0.4, -0.2) is 28.2 Å². The van der Waals surface area contributed by atoms with Crippen LogP contribution in [0, 0.1) is 23.0 Å². The lowest BCUT2D eigenvalue weighted by Gasteiger charge is -2.10. The number of rotatable bonds is 5. The first-order valence-electron chi connectivity index (χ1n) is 5.01. The van der Waals surface area contributed by atoms with Gasteiger partial charge in [-0.25, -0.2) is 4.98 Å². The summed E-state index contributed by atoms with van der Waals surface area (Å²) in [4.78, 5) is 14.2. The first-order chi connectivity index (χ1) is 7.54. The fourth-order valence-corrected chi connectivity index (χ4v) is 1.19. The van der Waals surface area contributed by atoms with Gasteiger partial charge in [-0.2, -0.15) is 0 Å². The van der Waals surface area contributed by atoms with E-state index in [4.69, 9.17) is 5.11 Å². The Morgan fingerprint density at radius 3 is 2.81 bits per heavy atom. The van der Waals surface area contributed by atoms with Gasteiger partial charge in [0.2, 0.25) is 0 Å². The van der Waals surface area contributed by atoms with Gasteiger partial charge in [-0.1, -0.05) is 6.92 Å². The largest absolute Gasteiger partial charge is 0.396 e. The summed E-state index contributed by atoms with van der Waals surface area (Å²) in [7, 11) is 0. The van der Waals surface area contributed by atoms with Gasteiger partial charge in [-0.15, -0.1) is 0 Å². The summed E-state index contributed by atoms with van der Waals surface area (Å²) in [6.07, 6.45) is 0. The molecule has 1 rings (SSSR count). The molecular formula is C10H15N3O3. The van der Waals surface area contributed by atoms with Crippen LogP contribution in [0.1, 0.15) is 12.6 Å². The SMILES string of the molecule is Cc1nc(NCC(C)CO)ccc1[N+](=O)[O-]. The van der Waals surface area contributed by atoms with E-state index in [1.807, 2.05) is 6.92 Å². The Morgan fingerprint density at radius 1 is 1.62 bits per heavy atom. The van der Waals surface area contributed by atoms with Crippen LogP contribution in [0.4, 0.5) is 11.5 Å². The van der Waals surface area contributed by atoms with Crippen molar-refractivity contribution in [1.82, 2.24) is 4.98 Å². The second kappa shape index (κ2) is 5.41. The van der Waals surface area contributed by atoms with Gasteiger partial charge in [-0.05, 0) is 18.9 Å². The van der Waals surface area contributed by atoms with Crippen LogP contribution >= 0.6 is 0 Å². The third-order valence-corrected chi connectivity index (χ3v) is 2.20. The maximum absolute atomic E-state index is 10.6. The van der Waals surface area contributed by atoms with Crippen LogP contribution in [0.25, 0.3) is 0 Å². The molecule has 1 heterocycles. The zero-order valence-electron chi connectivity index (χ0n) is 9.30. The van der Waals surface area contributed by atoms with Crippen molar-refractivity contribution in [2.75, 3.05) is 18.5 Å². The molecule has 0 fully saturated rings. The Labute approximate surface area is 93.5 Å². The summed E-state index contributed by atoms with van der Waals surface area (Å²) in [6, 6.07) is 2.99. The van der Waals surface area contributed by atoms with Crippen molar-refractivity contribution in [3.8, 4) is 0 Å². The second-order valence-electron chi connectivity index (χ2n) is 3.73. The second-order valence-corrected chi connectivity index (χ2v) is 3.73. The summed E-state index contributed by atoms with van der Waals surface area (Å²) >= 11 is 0. The molecular weight excluding hydrogens is 210 g/mol. The Kier molecular flexibility index (Phi) is 4.19. The Bertz CT molecular complexity index is 382. The molecule has 0 spiro atoms. The quantitative estimate of drug-likeness (QED) is 0.583. The van der Waals surface area contributed by atoms with Crippen LogP contribution in [0.15, 0.2) is 12.1 Å². The molecule has 1 aromatic rings. The van der Waals surface area contributed by atoms with Crippen molar-refractivity contribution in [3.63, 3.8) is 0 Å². The lowest BCUT2D eigenvalue weighted by molar-refractivity contribution is -0.385. The monoisotopic (exact) mass is 225 g/mol. The number of hydrogen-bond acceptors (Lipinski definition) is 5. The smallest absolute Gasteiger partial charge is 0.290 e. The predicted octanol–water partition coefficient (Wildman–Crippen LogP) is 1.34. The van der Waals surface area contributed by atoms with Gasteiger partial charge in [-0.3, -0.25) is 10.1 Å². The third-order valence-electron chi connectivity index (χ3n) is 2.20. The molecule has 0 aliphatic carbocycles. The van der Waals surface area contributed by atoms with Gasteiger partial charge in [0.15, 0.2) is 0 Å². The van der Waals surface area contributed by atoms with E-state index in [2.05, 4.69) is 10.3 Å². The fraction of sp³-hybridized carbons (Fsp3) is 0.500. The molecule has 88 valence electrons. The maximum Gasteiger partial charge on any atom is 0.290 e. The summed E-state index contributed by atoms with van der Waals surface area (Å²) in [6.45, 7) is 4.17. The number of aliphatic hydroxyl groups is 1. The van der Waals surface area contributed by atoms with Crippen LogP contribution in [0.3, 0.4) is 0 Å². The standard InChI is InChI=1S/C10H15N3O3/c1-7(6-14)5-11-10-4-3-9(13(15)16)8(2)12-10/h3-4,7,14H,5-6H2,1-2H3,(H,11,12). The number of aliphatic hydroxyl groups excluding tert-OH is 1. The number of anilines is 1. The van der Waals surface area contributed by atoms with Gasteiger partial charge >= 0.3 is 0 Å². The molecule has 0 bridgehead atoms. The van der Waals surface area contributed by atoms with Gasteiger partial charge in [0.25, 0.3) is 5.69 Å². The van der Waals surface area contributed by atoms with Crippen LogP contribution in [0.2, 0.25) is 0 Å². The van der Waals surface area contributed by atoms with E-state index >= 15 is 0 Å². The maximum atomic E-state index is 10.6. The number of aryl methyl sites for hydroxylation is 1. The van der Waals surface area contributed by atoms with Crippen molar-refractivity contribution in [3.05, 3.63) is 27.9 Å². The molecule has 6 nitrogen and oxygen atoms in total. The van der Waals surface area contributed by atoms with Gasteiger partial charge in [0, 0.05) is 19.2 Å². The highest BCUT2D eigenvalue weighted by Gasteiger charge is 2.11. The van der Waals surface area contributed by atoms with Crippen LogP contribution in [-0.2, 0) is 0 Å². The Morgan fingerprint density at radius 2 is 2.31 bits per heavy atom. The number of nitrogens with one attached hydrogen (secondary N) is 1. The molecule has 2 N–H and O–H groups in total. The van der Waals surface area contributed by atoms with E-state index in [9.17, 15) is 10.1 Å². The molecule has 6 heteroatoms. The van der Waals surface area contributed by atoms with E-state index in [0.717, 1.165) is 0 Å². The highest BCUT2D eigenvalue weighted by Crippen LogP contribution is 2.17. The molecule has 0 radical (unpaired) electrons. The van der Waals surface area contributed by atoms with E-state index in [-0.39, 0.29) is 18.2 Å². The normalized spacial score (nSPS) is 12.2. The average Bonchev–Trinajstić information content (AvgIpc) is 2.25. The molecule has 0 saturated carbocycles. The molecule has 0 saturated heterocycles.